The van der Waals surface area contributed by atoms with Gasteiger partial charge in [0, 0.05) is 44.6 Å². The quantitative estimate of drug-likeness (QED) is 0.187. The minimum atomic E-state index is -2.99. The maximum Gasteiger partial charge on any atom is 0.387 e. The van der Waals surface area contributed by atoms with Crippen molar-refractivity contribution in [3.8, 4) is 5.75 Å². The van der Waals surface area contributed by atoms with E-state index >= 15 is 0 Å². The number of ether oxygens (including phenoxy) is 2. The molecule has 2 aromatic carbocycles. The van der Waals surface area contributed by atoms with Crippen molar-refractivity contribution in [2.24, 2.45) is 11.7 Å². The maximum atomic E-state index is 14.9. The molecule has 55 heavy (non-hydrogen) atoms. The van der Waals surface area contributed by atoms with Gasteiger partial charge in [0.2, 0.25) is 17.6 Å². The van der Waals surface area contributed by atoms with E-state index in [1.54, 1.807) is 32.0 Å². The van der Waals surface area contributed by atoms with E-state index in [0.717, 1.165) is 32.1 Å². The molecule has 4 amide bonds. The highest BCUT2D eigenvalue weighted by Crippen LogP contribution is 2.35. The Balaban J connectivity index is 1.32. The lowest BCUT2D eigenvalue weighted by Crippen LogP contribution is -2.64. The Kier molecular flexibility index (Phi) is 11.8. The number of carbonyl (C=O) groups is 5. The van der Waals surface area contributed by atoms with Crippen molar-refractivity contribution < 1.29 is 47.3 Å². The van der Waals surface area contributed by atoms with E-state index in [9.17, 15) is 37.9 Å². The number of primary amides is 1. The molecular weight excluding hydrogens is 720 g/mol. The van der Waals surface area contributed by atoms with Crippen LogP contribution in [0.3, 0.4) is 0 Å². The fourth-order valence-corrected chi connectivity index (χ4v) is 8.08. The summed E-state index contributed by atoms with van der Waals surface area (Å²) in [4.78, 5) is 69.8. The minimum Gasteiger partial charge on any atom is -0.435 e. The molecule has 0 bridgehead atoms. The van der Waals surface area contributed by atoms with Gasteiger partial charge in [-0.15, -0.1) is 5.10 Å². The van der Waals surface area contributed by atoms with Gasteiger partial charge < -0.3 is 35.8 Å². The van der Waals surface area contributed by atoms with E-state index in [0.29, 0.717) is 22.9 Å². The Hall–Kier alpha value is -5.03. The number of nitrogens with one attached hydrogen (secondary N) is 2. The number of fused-ring (bicyclic) bond motifs is 1. The summed E-state index contributed by atoms with van der Waals surface area (Å²) in [5.41, 5.74) is 3.01. The summed E-state index contributed by atoms with van der Waals surface area (Å²) in [6.45, 7) is 0.286. The molecule has 296 valence electrons. The van der Waals surface area contributed by atoms with Crippen LogP contribution in [0.5, 0.6) is 5.75 Å². The molecule has 1 aliphatic carbocycles. The van der Waals surface area contributed by atoms with Gasteiger partial charge in [0.1, 0.15) is 29.0 Å². The highest BCUT2D eigenvalue weighted by atomic mass is 19.3. The zero-order valence-electron chi connectivity index (χ0n) is 30.8. The van der Waals surface area contributed by atoms with Gasteiger partial charge in [-0.1, -0.05) is 49.5 Å². The number of Topliss-reactive ketones (excluding diaryl/α,β-unsaturated/α-hetero) is 1. The minimum absolute atomic E-state index is 0.00319. The Morgan fingerprint density at radius 2 is 1.75 bits per heavy atom. The number of ketones is 1. The molecule has 0 spiro atoms. The highest BCUT2D eigenvalue weighted by molar-refractivity contribution is 6.39. The van der Waals surface area contributed by atoms with Crippen molar-refractivity contribution in [1.82, 2.24) is 30.5 Å². The average molecular weight is 768 g/mol. The van der Waals surface area contributed by atoms with Crippen molar-refractivity contribution in [1.29, 1.82) is 0 Å². The second-order valence-electron chi connectivity index (χ2n) is 15.3. The fraction of sp³-hybridized carbons (Fsp3) is 0.553. The molecule has 3 fully saturated rings. The van der Waals surface area contributed by atoms with E-state index in [2.05, 4.69) is 25.7 Å². The van der Waals surface area contributed by atoms with E-state index in [4.69, 9.17) is 10.5 Å². The molecule has 15 nitrogen and oxygen atoms in total. The third kappa shape index (κ3) is 8.93. The van der Waals surface area contributed by atoms with Crippen LogP contribution in [0.4, 0.5) is 8.78 Å². The normalized spacial score (nSPS) is 20.9. The lowest BCUT2D eigenvalue weighted by Gasteiger charge is -2.37. The van der Waals surface area contributed by atoms with E-state index in [-0.39, 0.29) is 56.3 Å². The van der Waals surface area contributed by atoms with E-state index in [1.807, 2.05) is 0 Å². The van der Waals surface area contributed by atoms with E-state index in [1.165, 1.54) is 34.0 Å². The lowest BCUT2D eigenvalue weighted by atomic mass is 9.84. The molecule has 2 saturated heterocycles. The molecule has 0 unspecified atom stereocenters. The van der Waals surface area contributed by atoms with Crippen LogP contribution in [-0.2, 0) is 29.5 Å². The third-order valence-corrected chi connectivity index (χ3v) is 11.0. The van der Waals surface area contributed by atoms with Crippen LogP contribution >= 0.6 is 0 Å². The SMILES string of the molecule is CC(C)(O)c1cnnn1[C@H]1C[C@@H](C(=O)NC2(C(=O)C(N)=O)CCOCC2)N(C(=O)[C@@H](CC2CCCCC2)NC(=O)c2ccc3cc(OC(F)F)ccc3c2)C1. The topological polar surface area (TPSA) is 208 Å². The third-order valence-electron chi connectivity index (χ3n) is 11.0. The number of carbonyl (C=O) groups excluding carboxylic acids is 5. The largest absolute Gasteiger partial charge is 0.435 e. The number of nitrogens with zero attached hydrogens (tertiary/aromatic N) is 4. The van der Waals surface area contributed by atoms with Gasteiger partial charge in [0.25, 0.3) is 11.8 Å². The predicted molar refractivity (Wildman–Crippen MR) is 193 cm³/mol. The van der Waals surface area contributed by atoms with Crippen LogP contribution in [0.1, 0.15) is 93.7 Å². The Labute approximate surface area is 316 Å². The van der Waals surface area contributed by atoms with Gasteiger partial charge in [0.05, 0.1) is 17.9 Å². The zero-order valence-corrected chi connectivity index (χ0v) is 30.8. The first-order valence-electron chi connectivity index (χ1n) is 18.6. The van der Waals surface area contributed by atoms with Crippen molar-refractivity contribution >= 4 is 40.2 Å². The number of aliphatic hydroxyl groups is 1. The van der Waals surface area contributed by atoms with Crippen LogP contribution < -0.4 is 21.1 Å². The number of halogens is 2. The van der Waals surface area contributed by atoms with Crippen LogP contribution in [0.15, 0.2) is 42.6 Å². The fourth-order valence-electron chi connectivity index (χ4n) is 8.08. The summed E-state index contributed by atoms with van der Waals surface area (Å²) in [6, 6.07) is 6.23. The summed E-state index contributed by atoms with van der Waals surface area (Å²) in [5.74, 6) is -3.84. The second kappa shape index (κ2) is 16.4. The number of alkyl halides is 2. The van der Waals surface area contributed by atoms with Crippen LogP contribution in [0.2, 0.25) is 0 Å². The summed E-state index contributed by atoms with van der Waals surface area (Å²) >= 11 is 0. The van der Waals surface area contributed by atoms with Gasteiger partial charge in [-0.3, -0.25) is 24.0 Å². The molecule has 0 radical (unpaired) electrons. The molecule has 3 aliphatic rings. The van der Waals surface area contributed by atoms with Gasteiger partial charge in [-0.2, -0.15) is 8.78 Å². The van der Waals surface area contributed by atoms with Crippen LogP contribution in [0.25, 0.3) is 10.8 Å². The Bertz CT molecular complexity index is 1920. The number of likely N-dealkylation sites (tertiary alicyclic amines) is 1. The predicted octanol–water partition coefficient (Wildman–Crippen LogP) is 2.89. The lowest BCUT2D eigenvalue weighted by molar-refractivity contribution is -0.147. The number of amides is 4. The first-order valence-corrected chi connectivity index (χ1v) is 18.6. The summed E-state index contributed by atoms with van der Waals surface area (Å²) in [5, 5.41) is 25.9. The molecule has 2 aliphatic heterocycles. The van der Waals surface area contributed by atoms with Crippen LogP contribution in [0, 0.1) is 5.92 Å². The molecule has 3 atom stereocenters. The highest BCUT2D eigenvalue weighted by Gasteiger charge is 2.49. The number of benzene rings is 2. The van der Waals surface area contributed by atoms with Gasteiger partial charge in [-0.05, 0) is 61.2 Å². The number of aromatic nitrogens is 3. The monoisotopic (exact) mass is 767 g/mol. The second-order valence-corrected chi connectivity index (χ2v) is 15.3. The molecule has 1 saturated carbocycles. The number of hydrogen-bond acceptors (Lipinski definition) is 10. The Morgan fingerprint density at radius 1 is 1.05 bits per heavy atom. The number of nitrogens with two attached hydrogens (primary N) is 1. The smallest absolute Gasteiger partial charge is 0.387 e. The molecule has 6 rings (SSSR count). The summed E-state index contributed by atoms with van der Waals surface area (Å²) < 4.78 is 37.0. The molecular formula is C38H47F2N7O8. The number of hydrogen-bond donors (Lipinski definition) is 4. The van der Waals surface area contributed by atoms with Crippen molar-refractivity contribution in [3.63, 3.8) is 0 Å². The van der Waals surface area contributed by atoms with Gasteiger partial charge in [-0.25, -0.2) is 4.68 Å². The molecule has 5 N–H and O–H groups in total. The average Bonchev–Trinajstić information content (AvgIpc) is 3.83. The zero-order chi connectivity index (χ0) is 39.5. The van der Waals surface area contributed by atoms with E-state index < -0.39 is 65.3 Å². The molecule has 1 aromatic heterocycles. The Morgan fingerprint density at radius 3 is 2.42 bits per heavy atom. The van der Waals surface area contributed by atoms with Crippen molar-refractivity contribution in [3.05, 3.63) is 53.9 Å². The van der Waals surface area contributed by atoms with Crippen molar-refractivity contribution in [2.45, 2.75) is 108 Å². The van der Waals surface area contributed by atoms with Crippen LogP contribution in [-0.4, -0.2) is 98.4 Å². The first-order chi connectivity index (χ1) is 26.1. The number of rotatable bonds is 13. The molecule has 3 aromatic rings. The summed E-state index contributed by atoms with van der Waals surface area (Å²) in [7, 11) is 0. The summed E-state index contributed by atoms with van der Waals surface area (Å²) in [6.07, 6.45) is 6.48. The standard InChI is InChI=1S/C38H47F2N7O8/c1-37(2,53)30-20-42-45-47(30)26-19-29(34(51)44-38(31(48)32(41)49)12-14-54-15-13-38)46(21-26)35(52)28(16-22-6-4-3-5-7-22)43-33(50)25-9-8-24-18-27(55-36(39)40)11-10-23(24)17-25/h8-11,17-18,20,22,26,28-29,36,53H,3-7,12-16,19,21H2,1-2H3,(H2,41,49)(H,43,50)(H,44,51)/t26-,28+,29-/m0/s1. The van der Waals surface area contributed by atoms with Gasteiger partial charge in [0.15, 0.2) is 0 Å². The maximum absolute atomic E-state index is 14.9. The molecule has 17 heteroatoms. The molecule has 3 heterocycles. The van der Waals surface area contributed by atoms with Gasteiger partial charge >= 0.3 is 6.61 Å². The van der Waals surface area contributed by atoms with Crippen molar-refractivity contribution in [2.75, 3.05) is 19.8 Å². The first kappa shape index (κ1) is 39.7.